The fraction of sp³-hybridized carbons (Fsp3) is 0.346. The maximum absolute atomic E-state index is 14.3. The van der Waals surface area contributed by atoms with Gasteiger partial charge in [-0.05, 0) is 67.4 Å². The van der Waals surface area contributed by atoms with Crippen molar-refractivity contribution < 1.29 is 18.7 Å². The number of benzene rings is 2. The van der Waals surface area contributed by atoms with Crippen molar-refractivity contribution in [2.75, 3.05) is 13.2 Å². The minimum absolute atomic E-state index is 0.0610. The van der Waals surface area contributed by atoms with Crippen molar-refractivity contribution in [3.8, 4) is 17.6 Å². The van der Waals surface area contributed by atoms with Crippen LogP contribution >= 0.6 is 11.8 Å². The number of amides is 1. The third-order valence-electron chi connectivity index (χ3n) is 5.70. The van der Waals surface area contributed by atoms with Gasteiger partial charge < -0.3 is 9.47 Å². The lowest BCUT2D eigenvalue weighted by atomic mass is 9.94. The zero-order valence-electron chi connectivity index (χ0n) is 19.0. The molecule has 8 heteroatoms. The summed E-state index contributed by atoms with van der Waals surface area (Å²) < 4.78 is 25.4. The van der Waals surface area contributed by atoms with Crippen molar-refractivity contribution in [1.82, 2.24) is 4.90 Å². The zero-order valence-corrected chi connectivity index (χ0v) is 19.8. The van der Waals surface area contributed by atoms with Gasteiger partial charge in [-0.15, -0.1) is 0 Å². The molecule has 0 radical (unpaired) electrons. The lowest BCUT2D eigenvalue weighted by molar-refractivity contribution is -0.124. The smallest absolute Gasteiger partial charge is 0.267 e. The van der Waals surface area contributed by atoms with E-state index in [0.29, 0.717) is 28.2 Å². The molecular weight excluding hydrogens is 453 g/mol. The van der Waals surface area contributed by atoms with E-state index in [4.69, 9.17) is 14.7 Å². The van der Waals surface area contributed by atoms with E-state index in [2.05, 4.69) is 4.99 Å². The van der Waals surface area contributed by atoms with Gasteiger partial charge >= 0.3 is 0 Å². The number of hydrogen-bond acceptors (Lipinski definition) is 6. The molecule has 1 saturated heterocycles. The number of aliphatic imine (C=N–C) groups is 1. The summed E-state index contributed by atoms with van der Waals surface area (Å²) in [5, 5.41) is 9.30. The fourth-order valence-electron chi connectivity index (χ4n) is 4.13. The highest BCUT2D eigenvalue weighted by atomic mass is 32.2. The molecule has 0 aromatic heterocycles. The van der Waals surface area contributed by atoms with Crippen LogP contribution in [-0.2, 0) is 4.79 Å². The Hall–Kier alpha value is -3.31. The Morgan fingerprint density at radius 2 is 1.97 bits per heavy atom. The molecule has 1 aliphatic carbocycles. The average molecular weight is 480 g/mol. The maximum Gasteiger partial charge on any atom is 0.267 e. The predicted molar refractivity (Wildman–Crippen MR) is 132 cm³/mol. The first-order valence-corrected chi connectivity index (χ1v) is 12.2. The van der Waals surface area contributed by atoms with E-state index in [9.17, 15) is 9.18 Å². The molecular formula is C26H26FN3O3S. The molecule has 6 nitrogen and oxygen atoms in total. The van der Waals surface area contributed by atoms with Crippen LogP contribution in [-0.4, -0.2) is 35.2 Å². The third-order valence-corrected chi connectivity index (χ3v) is 6.69. The second-order valence-corrected chi connectivity index (χ2v) is 9.02. The number of ether oxygens (including phenoxy) is 2. The summed E-state index contributed by atoms with van der Waals surface area (Å²) in [6, 6.07) is 13.7. The van der Waals surface area contributed by atoms with Crippen LogP contribution < -0.4 is 9.47 Å². The predicted octanol–water partition coefficient (Wildman–Crippen LogP) is 6.06. The number of nitriles is 1. The van der Waals surface area contributed by atoms with Gasteiger partial charge in [-0.2, -0.15) is 5.26 Å². The SMILES string of the molecule is CCOc1cc(/C=C2\SC(=Nc3ccccc3F)N(C3CCCCC3)C2=O)ccc1OCC#N. The molecule has 1 saturated carbocycles. The van der Waals surface area contributed by atoms with E-state index < -0.39 is 5.82 Å². The van der Waals surface area contributed by atoms with Crippen molar-refractivity contribution in [3.63, 3.8) is 0 Å². The van der Waals surface area contributed by atoms with E-state index in [0.717, 1.165) is 37.7 Å². The van der Waals surface area contributed by atoms with Crippen molar-refractivity contribution in [1.29, 1.82) is 5.26 Å². The topological polar surface area (TPSA) is 74.9 Å². The summed E-state index contributed by atoms with van der Waals surface area (Å²) in [6.45, 7) is 2.22. The fourth-order valence-corrected chi connectivity index (χ4v) is 5.19. The summed E-state index contributed by atoms with van der Waals surface area (Å²) in [6.07, 6.45) is 6.91. The summed E-state index contributed by atoms with van der Waals surface area (Å²) in [5.74, 6) is 0.446. The van der Waals surface area contributed by atoms with Crippen molar-refractivity contribution in [2.24, 2.45) is 4.99 Å². The highest BCUT2D eigenvalue weighted by Gasteiger charge is 2.38. The standard InChI is InChI=1S/C26H26FN3O3S/c1-2-32-23-16-18(12-13-22(23)33-15-14-28)17-24-25(31)30(19-8-4-3-5-9-19)26(34-24)29-21-11-7-6-10-20(21)27/h6-7,10-13,16-17,19H,2-5,8-9,15H2,1H3/b24-17-,29-26?. The molecule has 1 amide bonds. The Morgan fingerprint density at radius 3 is 2.71 bits per heavy atom. The Labute approximate surface area is 203 Å². The highest BCUT2D eigenvalue weighted by Crippen LogP contribution is 2.39. The van der Waals surface area contributed by atoms with Crippen molar-refractivity contribution in [3.05, 3.63) is 58.8 Å². The lowest BCUT2D eigenvalue weighted by Crippen LogP contribution is -2.40. The van der Waals surface area contributed by atoms with Gasteiger partial charge in [0.05, 0.1) is 11.5 Å². The van der Waals surface area contributed by atoms with Crippen LogP contribution in [0.25, 0.3) is 6.08 Å². The Kier molecular flexibility index (Phi) is 7.86. The molecule has 2 aromatic rings. The van der Waals surface area contributed by atoms with Crippen LogP contribution in [0.4, 0.5) is 10.1 Å². The van der Waals surface area contributed by atoms with Gasteiger partial charge in [0.25, 0.3) is 5.91 Å². The van der Waals surface area contributed by atoms with E-state index >= 15 is 0 Å². The zero-order chi connectivity index (χ0) is 23.9. The number of hydrogen-bond donors (Lipinski definition) is 0. The maximum atomic E-state index is 14.3. The number of para-hydroxylation sites is 1. The molecule has 0 bridgehead atoms. The molecule has 0 atom stereocenters. The minimum Gasteiger partial charge on any atom is -0.490 e. The summed E-state index contributed by atoms with van der Waals surface area (Å²) in [4.78, 5) is 20.3. The second-order valence-electron chi connectivity index (χ2n) is 8.01. The lowest BCUT2D eigenvalue weighted by Gasteiger charge is -2.30. The first-order valence-electron chi connectivity index (χ1n) is 11.4. The first-order chi connectivity index (χ1) is 16.6. The Bertz CT molecular complexity index is 1150. The van der Waals surface area contributed by atoms with Crippen LogP contribution in [0.2, 0.25) is 0 Å². The van der Waals surface area contributed by atoms with Crippen LogP contribution in [0.1, 0.15) is 44.6 Å². The van der Waals surface area contributed by atoms with Gasteiger partial charge in [0, 0.05) is 6.04 Å². The molecule has 0 spiro atoms. The number of amidine groups is 1. The number of carbonyl (C=O) groups is 1. The number of halogens is 1. The van der Waals surface area contributed by atoms with Crippen molar-refractivity contribution >= 4 is 34.6 Å². The number of thioether (sulfide) groups is 1. The largest absolute Gasteiger partial charge is 0.490 e. The summed E-state index contributed by atoms with van der Waals surface area (Å²) in [5.41, 5.74) is 0.983. The Balaban J connectivity index is 1.68. The first kappa shape index (κ1) is 23.8. The summed E-state index contributed by atoms with van der Waals surface area (Å²) >= 11 is 1.26. The van der Waals surface area contributed by atoms with E-state index in [1.54, 1.807) is 41.3 Å². The molecule has 0 unspecified atom stereocenters. The minimum atomic E-state index is -0.418. The van der Waals surface area contributed by atoms with E-state index in [1.807, 2.05) is 19.1 Å². The number of rotatable bonds is 7. The average Bonchev–Trinajstić information content (AvgIpc) is 3.15. The quantitative estimate of drug-likeness (QED) is 0.451. The molecule has 176 valence electrons. The van der Waals surface area contributed by atoms with Crippen LogP contribution in [0.3, 0.4) is 0 Å². The third kappa shape index (κ3) is 5.42. The molecule has 2 aliphatic rings. The monoisotopic (exact) mass is 479 g/mol. The highest BCUT2D eigenvalue weighted by molar-refractivity contribution is 8.18. The summed E-state index contributed by atoms with van der Waals surface area (Å²) in [7, 11) is 0. The molecule has 2 aromatic carbocycles. The molecule has 4 rings (SSSR count). The molecule has 0 N–H and O–H groups in total. The van der Waals surface area contributed by atoms with Crippen LogP contribution in [0.5, 0.6) is 11.5 Å². The number of nitrogens with zero attached hydrogens (tertiary/aromatic N) is 3. The van der Waals surface area contributed by atoms with Crippen LogP contribution in [0, 0.1) is 17.1 Å². The molecule has 2 fully saturated rings. The second kappa shape index (κ2) is 11.2. The van der Waals surface area contributed by atoms with Gasteiger partial charge in [-0.1, -0.05) is 37.5 Å². The normalized spacial score (nSPS) is 19.0. The van der Waals surface area contributed by atoms with Crippen molar-refractivity contribution in [2.45, 2.75) is 45.1 Å². The van der Waals surface area contributed by atoms with Gasteiger partial charge in [-0.25, -0.2) is 9.38 Å². The van der Waals surface area contributed by atoms with Gasteiger partial charge in [0.2, 0.25) is 0 Å². The van der Waals surface area contributed by atoms with Gasteiger partial charge in [0.1, 0.15) is 17.6 Å². The van der Waals surface area contributed by atoms with E-state index in [-0.39, 0.29) is 24.2 Å². The van der Waals surface area contributed by atoms with Crippen LogP contribution in [0.15, 0.2) is 52.4 Å². The molecule has 34 heavy (non-hydrogen) atoms. The molecule has 1 heterocycles. The van der Waals surface area contributed by atoms with Gasteiger partial charge in [0.15, 0.2) is 23.3 Å². The van der Waals surface area contributed by atoms with Gasteiger partial charge in [-0.3, -0.25) is 9.69 Å². The number of carbonyl (C=O) groups excluding carboxylic acids is 1. The van der Waals surface area contributed by atoms with E-state index in [1.165, 1.54) is 17.8 Å². The molecule has 1 aliphatic heterocycles. The Morgan fingerprint density at radius 1 is 1.18 bits per heavy atom.